The van der Waals surface area contributed by atoms with Crippen LogP contribution < -0.4 is 4.48 Å². The van der Waals surface area contributed by atoms with Crippen molar-refractivity contribution in [2.75, 3.05) is 7.05 Å². The van der Waals surface area contributed by atoms with E-state index in [1.807, 2.05) is 0 Å². The molecule has 0 N–H and O–H groups in total. The fourth-order valence-electron chi connectivity index (χ4n) is 2.79. The van der Waals surface area contributed by atoms with Gasteiger partial charge in [0.05, 0.1) is 7.05 Å². The topological polar surface area (TPSA) is 0 Å². The van der Waals surface area contributed by atoms with E-state index in [0.717, 1.165) is 10.9 Å². The van der Waals surface area contributed by atoms with Crippen LogP contribution >= 0.6 is 0 Å². The molecular weight excluding hydrogens is 206 g/mol. The second-order valence-electron chi connectivity index (χ2n) is 5.05. The van der Waals surface area contributed by atoms with E-state index in [-0.39, 0.29) is 0 Å². The molecular formula is C16H18N+. The van der Waals surface area contributed by atoms with E-state index >= 15 is 0 Å². The summed E-state index contributed by atoms with van der Waals surface area (Å²) in [6.07, 6.45) is 10.2. The molecule has 0 radical (unpaired) electrons. The Balaban J connectivity index is 2.26. The lowest BCUT2D eigenvalue weighted by Gasteiger charge is -2.29. The molecule has 0 aromatic heterocycles. The zero-order chi connectivity index (χ0) is 12.0. The highest BCUT2D eigenvalue weighted by Crippen LogP contribution is 2.43. The van der Waals surface area contributed by atoms with Gasteiger partial charge in [0.25, 0.3) is 0 Å². The molecule has 86 valence electrons. The van der Waals surface area contributed by atoms with Crippen molar-refractivity contribution in [3.05, 3.63) is 58.9 Å². The molecule has 1 aromatic carbocycles. The average molecular weight is 224 g/mol. The van der Waals surface area contributed by atoms with E-state index in [2.05, 4.69) is 63.5 Å². The van der Waals surface area contributed by atoms with Crippen molar-refractivity contribution in [1.29, 1.82) is 0 Å². The van der Waals surface area contributed by atoms with Crippen molar-refractivity contribution >= 4 is 11.8 Å². The van der Waals surface area contributed by atoms with Crippen LogP contribution in [-0.2, 0) is 6.42 Å². The average Bonchev–Trinajstić information content (AvgIpc) is 2.62. The van der Waals surface area contributed by atoms with Crippen LogP contribution in [0, 0.1) is 0 Å². The van der Waals surface area contributed by atoms with Crippen LogP contribution in [0.5, 0.6) is 0 Å². The van der Waals surface area contributed by atoms with Crippen LogP contribution in [0.25, 0.3) is 6.08 Å². The standard InChI is InChI=1S/C16H18N/c1-4-13-6-5-7-16-15(13)11-14-10-12(2)8-9-17(14,16)3/h5-11H,4H2,1-3H3/q+1. The van der Waals surface area contributed by atoms with Gasteiger partial charge in [-0.1, -0.05) is 19.1 Å². The van der Waals surface area contributed by atoms with Crippen LogP contribution in [0.4, 0.5) is 5.69 Å². The summed E-state index contributed by atoms with van der Waals surface area (Å²) in [5.41, 5.74) is 6.98. The second kappa shape index (κ2) is 3.44. The Morgan fingerprint density at radius 1 is 1.18 bits per heavy atom. The summed E-state index contributed by atoms with van der Waals surface area (Å²) in [6, 6.07) is 6.66. The molecule has 0 saturated heterocycles. The Bertz CT molecular complexity index is 575. The molecule has 0 saturated carbocycles. The van der Waals surface area contributed by atoms with E-state index < -0.39 is 0 Å². The van der Waals surface area contributed by atoms with E-state index in [4.69, 9.17) is 0 Å². The van der Waals surface area contributed by atoms with E-state index in [1.165, 1.54) is 28.1 Å². The number of allylic oxidation sites excluding steroid dienone is 3. The van der Waals surface area contributed by atoms with E-state index in [1.54, 1.807) is 0 Å². The third-order valence-electron chi connectivity index (χ3n) is 3.89. The first-order valence-electron chi connectivity index (χ1n) is 6.23. The van der Waals surface area contributed by atoms with Crippen LogP contribution in [0.3, 0.4) is 0 Å². The second-order valence-corrected chi connectivity index (χ2v) is 5.05. The molecule has 2 aliphatic heterocycles. The van der Waals surface area contributed by atoms with Crippen LogP contribution in [0.1, 0.15) is 25.0 Å². The van der Waals surface area contributed by atoms with Gasteiger partial charge < -0.3 is 0 Å². The lowest BCUT2D eigenvalue weighted by molar-refractivity contribution is 0.570. The molecule has 0 aliphatic carbocycles. The summed E-state index contributed by atoms with van der Waals surface area (Å²) in [5.74, 6) is 0. The number of rotatable bonds is 1. The van der Waals surface area contributed by atoms with E-state index in [9.17, 15) is 0 Å². The fourth-order valence-corrected chi connectivity index (χ4v) is 2.79. The smallest absolute Gasteiger partial charge is 0.150 e. The monoisotopic (exact) mass is 224 g/mol. The van der Waals surface area contributed by atoms with Crippen molar-refractivity contribution in [2.24, 2.45) is 0 Å². The molecule has 2 heterocycles. The molecule has 0 spiro atoms. The number of aryl methyl sites for hydroxylation is 1. The minimum Gasteiger partial charge on any atom is -0.235 e. The molecule has 1 aromatic rings. The van der Waals surface area contributed by atoms with Gasteiger partial charge in [-0.25, -0.2) is 4.48 Å². The zero-order valence-electron chi connectivity index (χ0n) is 10.7. The molecule has 1 unspecified atom stereocenters. The predicted octanol–water partition coefficient (Wildman–Crippen LogP) is 4.01. The highest BCUT2D eigenvalue weighted by Gasteiger charge is 2.37. The molecule has 1 nitrogen and oxygen atoms in total. The summed E-state index contributed by atoms with van der Waals surface area (Å²) >= 11 is 0. The van der Waals surface area contributed by atoms with Crippen LogP contribution in [0.2, 0.25) is 0 Å². The van der Waals surface area contributed by atoms with Gasteiger partial charge in [-0.15, -0.1) is 0 Å². The summed E-state index contributed by atoms with van der Waals surface area (Å²) in [7, 11) is 2.26. The largest absolute Gasteiger partial charge is 0.235 e. The van der Waals surface area contributed by atoms with Gasteiger partial charge in [-0.2, -0.15) is 0 Å². The highest BCUT2D eigenvalue weighted by atomic mass is 15.3. The van der Waals surface area contributed by atoms with Gasteiger partial charge >= 0.3 is 0 Å². The minimum atomic E-state index is 0.820. The summed E-state index contributed by atoms with van der Waals surface area (Å²) in [4.78, 5) is 0. The maximum atomic E-state index is 2.35. The van der Waals surface area contributed by atoms with Crippen molar-refractivity contribution in [1.82, 2.24) is 4.48 Å². The number of hydrogen-bond donors (Lipinski definition) is 0. The number of fused-ring (bicyclic) bond motifs is 3. The Labute approximate surface area is 103 Å². The highest BCUT2D eigenvalue weighted by molar-refractivity contribution is 5.82. The SMILES string of the molecule is CCc1cccc2c1C=C1C=C(C)C=C[N+]12C. The lowest BCUT2D eigenvalue weighted by atomic mass is 10.0. The number of quaternary nitrogens is 1. The van der Waals surface area contributed by atoms with Gasteiger partial charge in [0.15, 0.2) is 0 Å². The van der Waals surface area contributed by atoms with Gasteiger partial charge in [0.1, 0.15) is 17.6 Å². The number of hydrogen-bond acceptors (Lipinski definition) is 0. The van der Waals surface area contributed by atoms with Crippen molar-refractivity contribution in [3.8, 4) is 0 Å². The van der Waals surface area contributed by atoms with Crippen molar-refractivity contribution < 1.29 is 0 Å². The fraction of sp³-hybridized carbons (Fsp3) is 0.250. The Morgan fingerprint density at radius 3 is 2.76 bits per heavy atom. The van der Waals surface area contributed by atoms with Gasteiger partial charge in [-0.05, 0) is 30.6 Å². The number of nitrogens with zero attached hydrogens (tertiary/aromatic N) is 1. The van der Waals surface area contributed by atoms with Crippen molar-refractivity contribution in [2.45, 2.75) is 20.3 Å². The minimum absolute atomic E-state index is 0.820. The Hall–Kier alpha value is -1.60. The van der Waals surface area contributed by atoms with Gasteiger partial charge in [0, 0.05) is 23.8 Å². The molecule has 1 heteroatoms. The molecule has 0 amide bonds. The summed E-state index contributed by atoms with van der Waals surface area (Å²) in [5, 5.41) is 0. The first-order chi connectivity index (χ1) is 8.15. The third kappa shape index (κ3) is 1.36. The molecule has 0 fully saturated rings. The van der Waals surface area contributed by atoms with Crippen LogP contribution in [-0.4, -0.2) is 7.05 Å². The summed E-state index contributed by atoms with van der Waals surface area (Å²) < 4.78 is 0.820. The molecule has 17 heavy (non-hydrogen) atoms. The first-order valence-corrected chi connectivity index (χ1v) is 6.23. The quantitative estimate of drug-likeness (QED) is 0.632. The predicted molar refractivity (Wildman–Crippen MR) is 74.4 cm³/mol. The van der Waals surface area contributed by atoms with Crippen molar-refractivity contribution in [3.63, 3.8) is 0 Å². The molecule has 2 aliphatic rings. The van der Waals surface area contributed by atoms with Gasteiger partial charge in [0.2, 0.25) is 0 Å². The maximum Gasteiger partial charge on any atom is 0.150 e. The van der Waals surface area contributed by atoms with E-state index in [0.29, 0.717) is 0 Å². The Morgan fingerprint density at radius 2 is 2.00 bits per heavy atom. The van der Waals surface area contributed by atoms with Gasteiger partial charge in [-0.3, -0.25) is 0 Å². The number of benzene rings is 1. The van der Waals surface area contributed by atoms with Crippen LogP contribution in [0.15, 0.2) is 47.8 Å². The Kier molecular flexibility index (Phi) is 2.14. The zero-order valence-corrected chi connectivity index (χ0v) is 10.7. The number of likely N-dealkylation sites (N-methyl/N-ethyl adjacent to an activating group) is 1. The summed E-state index contributed by atoms with van der Waals surface area (Å²) in [6.45, 7) is 4.38. The first kappa shape index (κ1) is 10.5. The molecule has 0 bridgehead atoms. The molecule has 3 rings (SSSR count). The molecule has 1 atom stereocenters. The third-order valence-corrected chi connectivity index (χ3v) is 3.89. The maximum absolute atomic E-state index is 2.35. The lowest BCUT2D eigenvalue weighted by Crippen LogP contribution is -2.36. The normalized spacial score (nSPS) is 25.1.